The molecular formula is C22H17N5O4. The molecule has 2 aromatic heterocycles. The highest BCUT2D eigenvalue weighted by molar-refractivity contribution is 6.04. The van der Waals surface area contributed by atoms with Gasteiger partial charge in [-0.3, -0.25) is 9.36 Å². The fraction of sp³-hybridized carbons (Fsp3) is 0.0909. The lowest BCUT2D eigenvalue weighted by Gasteiger charge is -2.09. The molecule has 0 spiro atoms. The highest BCUT2D eigenvalue weighted by Crippen LogP contribution is 2.32. The molecule has 0 bridgehead atoms. The van der Waals surface area contributed by atoms with Crippen molar-refractivity contribution in [2.45, 2.75) is 6.92 Å². The van der Waals surface area contributed by atoms with E-state index >= 15 is 0 Å². The summed E-state index contributed by atoms with van der Waals surface area (Å²) in [6.07, 6.45) is 4.96. The van der Waals surface area contributed by atoms with Gasteiger partial charge in [-0.15, -0.1) is 0 Å². The Labute approximate surface area is 177 Å². The van der Waals surface area contributed by atoms with E-state index < -0.39 is 0 Å². The number of aromatic nitrogens is 4. The molecule has 0 aliphatic carbocycles. The second-order valence-corrected chi connectivity index (χ2v) is 6.71. The maximum Gasteiger partial charge on any atom is 0.255 e. The number of hydrogen-bond acceptors (Lipinski definition) is 7. The highest BCUT2D eigenvalue weighted by atomic mass is 16.7. The minimum atomic E-state index is -0.247. The summed E-state index contributed by atoms with van der Waals surface area (Å²) in [5.41, 5.74) is 1.11. The Bertz CT molecular complexity index is 1250. The average Bonchev–Trinajstić information content (AvgIpc) is 3.43. The predicted molar refractivity (Wildman–Crippen MR) is 111 cm³/mol. The van der Waals surface area contributed by atoms with Gasteiger partial charge in [0.15, 0.2) is 11.5 Å². The topological polar surface area (TPSA) is 100 Å². The van der Waals surface area contributed by atoms with Gasteiger partial charge in [-0.1, -0.05) is 0 Å². The summed E-state index contributed by atoms with van der Waals surface area (Å²) in [5, 5.41) is 2.85. The Kier molecular flexibility index (Phi) is 4.68. The van der Waals surface area contributed by atoms with Crippen LogP contribution in [0.15, 0.2) is 67.3 Å². The first-order valence-electron chi connectivity index (χ1n) is 9.47. The molecule has 1 amide bonds. The molecule has 9 nitrogen and oxygen atoms in total. The van der Waals surface area contributed by atoms with Crippen LogP contribution in [0, 0.1) is 6.92 Å². The number of amides is 1. The molecule has 0 atom stereocenters. The van der Waals surface area contributed by atoms with Gasteiger partial charge in [0.1, 0.15) is 23.7 Å². The van der Waals surface area contributed by atoms with Crippen molar-refractivity contribution >= 4 is 11.6 Å². The minimum Gasteiger partial charge on any atom is -0.454 e. The molecule has 1 aliphatic rings. The van der Waals surface area contributed by atoms with E-state index in [0.717, 1.165) is 5.82 Å². The molecule has 3 heterocycles. The number of ether oxygens (including phenoxy) is 3. The number of carbonyl (C=O) groups is 1. The molecule has 1 aliphatic heterocycles. The molecular weight excluding hydrogens is 398 g/mol. The summed E-state index contributed by atoms with van der Waals surface area (Å²) < 4.78 is 18.2. The fourth-order valence-corrected chi connectivity index (χ4v) is 3.11. The normalized spacial score (nSPS) is 11.9. The number of benzene rings is 2. The van der Waals surface area contributed by atoms with Crippen LogP contribution in [0.2, 0.25) is 0 Å². The molecule has 31 heavy (non-hydrogen) atoms. The van der Waals surface area contributed by atoms with E-state index in [1.807, 2.05) is 17.7 Å². The van der Waals surface area contributed by atoms with Crippen LogP contribution in [0.25, 0.3) is 5.82 Å². The molecule has 2 aromatic carbocycles. The van der Waals surface area contributed by atoms with E-state index in [4.69, 9.17) is 14.2 Å². The van der Waals surface area contributed by atoms with Crippen molar-refractivity contribution in [1.29, 1.82) is 0 Å². The zero-order valence-electron chi connectivity index (χ0n) is 16.5. The van der Waals surface area contributed by atoms with E-state index in [1.54, 1.807) is 54.7 Å². The van der Waals surface area contributed by atoms with E-state index in [1.165, 1.54) is 6.33 Å². The monoisotopic (exact) mass is 415 g/mol. The van der Waals surface area contributed by atoms with Crippen LogP contribution in [-0.4, -0.2) is 32.2 Å². The van der Waals surface area contributed by atoms with Crippen LogP contribution >= 0.6 is 0 Å². The first-order valence-corrected chi connectivity index (χ1v) is 9.47. The van der Waals surface area contributed by atoms with Gasteiger partial charge < -0.3 is 19.5 Å². The predicted octanol–water partition coefficient (Wildman–Crippen LogP) is 3.74. The van der Waals surface area contributed by atoms with Gasteiger partial charge in [0, 0.05) is 29.7 Å². The summed E-state index contributed by atoms with van der Waals surface area (Å²) in [6, 6.07) is 13.8. The van der Waals surface area contributed by atoms with Gasteiger partial charge >= 0.3 is 0 Å². The molecule has 0 unspecified atom stereocenters. The zero-order valence-corrected chi connectivity index (χ0v) is 16.5. The summed E-state index contributed by atoms with van der Waals surface area (Å²) in [5.74, 6) is 3.40. The molecule has 9 heteroatoms. The lowest BCUT2D eigenvalue weighted by Crippen LogP contribution is -2.11. The highest BCUT2D eigenvalue weighted by Gasteiger charge is 2.16. The Morgan fingerprint density at radius 2 is 1.87 bits per heavy atom. The zero-order chi connectivity index (χ0) is 21.2. The number of nitrogens with zero attached hydrogens (tertiary/aromatic N) is 4. The Hall–Kier alpha value is -4.40. The maximum absolute atomic E-state index is 12.5. The molecule has 4 aromatic rings. The summed E-state index contributed by atoms with van der Waals surface area (Å²) in [6.45, 7) is 2.05. The minimum absolute atomic E-state index is 0.164. The smallest absolute Gasteiger partial charge is 0.255 e. The van der Waals surface area contributed by atoms with Gasteiger partial charge in [0.05, 0.1) is 0 Å². The lowest BCUT2D eigenvalue weighted by molar-refractivity contribution is 0.102. The van der Waals surface area contributed by atoms with E-state index in [2.05, 4.69) is 20.3 Å². The molecule has 5 rings (SSSR count). The Morgan fingerprint density at radius 3 is 2.68 bits per heavy atom. The number of aryl methyl sites for hydroxylation is 1. The van der Waals surface area contributed by atoms with Crippen LogP contribution in [0.5, 0.6) is 23.1 Å². The van der Waals surface area contributed by atoms with Crippen molar-refractivity contribution in [2.75, 3.05) is 12.1 Å². The quantitative estimate of drug-likeness (QED) is 0.530. The van der Waals surface area contributed by atoms with Crippen LogP contribution in [0.3, 0.4) is 0 Å². The third-order valence-electron chi connectivity index (χ3n) is 4.67. The first-order chi connectivity index (χ1) is 15.2. The van der Waals surface area contributed by atoms with Gasteiger partial charge in [-0.2, -0.15) is 0 Å². The largest absolute Gasteiger partial charge is 0.454 e. The molecule has 0 fully saturated rings. The molecule has 0 saturated heterocycles. The summed E-state index contributed by atoms with van der Waals surface area (Å²) in [4.78, 5) is 25.1. The second kappa shape index (κ2) is 7.79. The van der Waals surface area contributed by atoms with Gasteiger partial charge in [0.25, 0.3) is 5.91 Å². The SMILES string of the molecule is Cc1nccn1-c1cc(Oc2ccc(NC(=O)c3ccc4c(c3)OCO4)cc2)ncn1. The second-order valence-electron chi connectivity index (χ2n) is 6.71. The van der Waals surface area contributed by atoms with E-state index in [-0.39, 0.29) is 12.7 Å². The van der Waals surface area contributed by atoms with Crippen LogP contribution in [-0.2, 0) is 0 Å². The van der Waals surface area contributed by atoms with Crippen LogP contribution in [0.4, 0.5) is 5.69 Å². The van der Waals surface area contributed by atoms with Crippen molar-refractivity contribution in [3.63, 3.8) is 0 Å². The molecule has 0 saturated carbocycles. The Morgan fingerprint density at radius 1 is 1.03 bits per heavy atom. The number of nitrogens with one attached hydrogen (secondary N) is 1. The standard InChI is InChI=1S/C22H17N5O4/c1-14-23-8-9-27(14)20-11-21(25-12-24-20)31-17-5-3-16(4-6-17)26-22(28)15-2-7-18-19(10-15)30-13-29-18/h2-12H,13H2,1H3,(H,26,28). The number of imidazole rings is 1. The number of anilines is 1. The maximum atomic E-state index is 12.5. The van der Waals surface area contributed by atoms with E-state index in [9.17, 15) is 4.79 Å². The number of hydrogen-bond donors (Lipinski definition) is 1. The molecule has 154 valence electrons. The van der Waals surface area contributed by atoms with E-state index in [0.29, 0.717) is 40.2 Å². The van der Waals surface area contributed by atoms with Gasteiger partial charge in [-0.25, -0.2) is 15.0 Å². The van der Waals surface area contributed by atoms with Crippen LogP contribution in [0.1, 0.15) is 16.2 Å². The fourth-order valence-electron chi connectivity index (χ4n) is 3.11. The third-order valence-corrected chi connectivity index (χ3v) is 4.67. The third kappa shape index (κ3) is 3.88. The van der Waals surface area contributed by atoms with Crippen molar-refractivity contribution in [2.24, 2.45) is 0 Å². The van der Waals surface area contributed by atoms with Gasteiger partial charge in [-0.05, 0) is 49.4 Å². The first kappa shape index (κ1) is 18.6. The summed E-state index contributed by atoms with van der Waals surface area (Å²) in [7, 11) is 0. The van der Waals surface area contributed by atoms with Gasteiger partial charge in [0.2, 0.25) is 12.7 Å². The average molecular weight is 415 g/mol. The van der Waals surface area contributed by atoms with Crippen molar-refractivity contribution in [3.8, 4) is 28.9 Å². The lowest BCUT2D eigenvalue weighted by atomic mass is 10.2. The number of carbonyl (C=O) groups excluding carboxylic acids is 1. The van der Waals surface area contributed by atoms with Crippen LogP contribution < -0.4 is 19.5 Å². The van der Waals surface area contributed by atoms with Crippen molar-refractivity contribution < 1.29 is 19.0 Å². The number of rotatable bonds is 5. The van der Waals surface area contributed by atoms with Crippen molar-refractivity contribution in [1.82, 2.24) is 19.5 Å². The Balaban J connectivity index is 1.26. The molecule has 1 N–H and O–H groups in total. The number of fused-ring (bicyclic) bond motifs is 1. The summed E-state index contributed by atoms with van der Waals surface area (Å²) >= 11 is 0. The molecule has 0 radical (unpaired) electrons. The van der Waals surface area contributed by atoms with Crippen molar-refractivity contribution in [3.05, 3.63) is 78.6 Å².